The van der Waals surface area contributed by atoms with Crippen molar-refractivity contribution in [2.75, 3.05) is 0 Å². The number of carboxylic acid groups (broad SMARTS) is 2. The molecule has 0 fully saturated rings. The van der Waals surface area contributed by atoms with Gasteiger partial charge in [-0.3, -0.25) is 9.59 Å². The first-order valence-electron chi connectivity index (χ1n) is 8.67. The molecule has 0 bridgehead atoms. The SMILES string of the molecule is C=CC[C@H](C(=O)O)[C@@H](CC(C)C)C(=O)N[C@@H](Cc1ccccc1)C(=O)O. The van der Waals surface area contributed by atoms with E-state index < -0.39 is 35.7 Å². The number of benzene rings is 1. The summed E-state index contributed by atoms with van der Waals surface area (Å²) < 4.78 is 0. The minimum absolute atomic E-state index is 0.0924. The van der Waals surface area contributed by atoms with Gasteiger partial charge in [-0.05, 0) is 24.3 Å². The van der Waals surface area contributed by atoms with Gasteiger partial charge in [-0.1, -0.05) is 50.3 Å². The highest BCUT2D eigenvalue weighted by atomic mass is 16.4. The zero-order chi connectivity index (χ0) is 19.7. The highest BCUT2D eigenvalue weighted by molar-refractivity contribution is 5.88. The molecule has 0 unspecified atom stereocenters. The van der Waals surface area contributed by atoms with Crippen molar-refractivity contribution in [3.8, 4) is 0 Å². The predicted octanol–water partition coefficient (Wildman–Crippen LogP) is 2.74. The van der Waals surface area contributed by atoms with Crippen LogP contribution in [0.1, 0.15) is 32.3 Å². The molecule has 0 saturated heterocycles. The Balaban J connectivity index is 2.98. The minimum atomic E-state index is -1.15. The number of nitrogens with one attached hydrogen (secondary N) is 1. The van der Waals surface area contributed by atoms with Crippen molar-refractivity contribution >= 4 is 17.8 Å². The van der Waals surface area contributed by atoms with Crippen LogP contribution in [0.25, 0.3) is 0 Å². The van der Waals surface area contributed by atoms with E-state index in [4.69, 9.17) is 0 Å². The van der Waals surface area contributed by atoms with E-state index in [-0.39, 0.29) is 18.8 Å². The second-order valence-corrected chi connectivity index (χ2v) is 6.79. The Morgan fingerprint density at radius 1 is 1.08 bits per heavy atom. The third-order valence-electron chi connectivity index (χ3n) is 4.18. The molecule has 3 N–H and O–H groups in total. The molecule has 1 amide bonds. The Labute approximate surface area is 153 Å². The van der Waals surface area contributed by atoms with Crippen LogP contribution in [0, 0.1) is 17.8 Å². The Morgan fingerprint density at radius 2 is 1.69 bits per heavy atom. The van der Waals surface area contributed by atoms with Gasteiger partial charge < -0.3 is 15.5 Å². The molecule has 0 aliphatic heterocycles. The highest BCUT2D eigenvalue weighted by Crippen LogP contribution is 2.25. The molecule has 0 aliphatic rings. The molecule has 0 saturated carbocycles. The first-order valence-corrected chi connectivity index (χ1v) is 8.67. The molecule has 1 aromatic carbocycles. The second kappa shape index (κ2) is 10.4. The number of carboxylic acids is 2. The standard InChI is InChI=1S/C20H27NO5/c1-4-8-15(19(23)24)16(11-13(2)3)18(22)21-17(20(25)26)12-14-9-6-5-7-10-14/h4-7,9-10,13,15-17H,1,8,11-12H2,2-3H3,(H,21,22)(H,23,24)(H,25,26)/t15-,16+,17-/m0/s1. The molecule has 0 heterocycles. The van der Waals surface area contributed by atoms with Crippen molar-refractivity contribution in [1.82, 2.24) is 5.32 Å². The van der Waals surface area contributed by atoms with Crippen LogP contribution in [0.5, 0.6) is 0 Å². The van der Waals surface area contributed by atoms with Gasteiger partial charge in [0, 0.05) is 6.42 Å². The van der Waals surface area contributed by atoms with Crippen LogP contribution in [0.2, 0.25) is 0 Å². The largest absolute Gasteiger partial charge is 0.481 e. The lowest BCUT2D eigenvalue weighted by molar-refractivity contribution is -0.148. The lowest BCUT2D eigenvalue weighted by Gasteiger charge is -2.26. The van der Waals surface area contributed by atoms with E-state index in [2.05, 4.69) is 11.9 Å². The quantitative estimate of drug-likeness (QED) is 0.526. The number of carbonyl (C=O) groups excluding carboxylic acids is 1. The van der Waals surface area contributed by atoms with Gasteiger partial charge >= 0.3 is 11.9 Å². The fourth-order valence-corrected chi connectivity index (χ4v) is 2.91. The number of carbonyl (C=O) groups is 3. The van der Waals surface area contributed by atoms with Crippen molar-refractivity contribution in [3.05, 3.63) is 48.6 Å². The number of amides is 1. The monoisotopic (exact) mass is 361 g/mol. The number of hydrogen-bond acceptors (Lipinski definition) is 3. The van der Waals surface area contributed by atoms with Crippen LogP contribution in [0.3, 0.4) is 0 Å². The fourth-order valence-electron chi connectivity index (χ4n) is 2.91. The van der Waals surface area contributed by atoms with Gasteiger partial charge in [0.15, 0.2) is 0 Å². The zero-order valence-corrected chi connectivity index (χ0v) is 15.2. The summed E-state index contributed by atoms with van der Waals surface area (Å²) >= 11 is 0. The van der Waals surface area contributed by atoms with Crippen LogP contribution >= 0.6 is 0 Å². The number of rotatable bonds is 11. The van der Waals surface area contributed by atoms with Gasteiger partial charge in [-0.15, -0.1) is 6.58 Å². The van der Waals surface area contributed by atoms with E-state index in [1.165, 1.54) is 6.08 Å². The van der Waals surface area contributed by atoms with Crippen LogP contribution in [0.4, 0.5) is 0 Å². The molecule has 26 heavy (non-hydrogen) atoms. The molecule has 0 aliphatic carbocycles. The van der Waals surface area contributed by atoms with E-state index in [1.54, 1.807) is 24.3 Å². The van der Waals surface area contributed by atoms with E-state index in [9.17, 15) is 24.6 Å². The first kappa shape index (κ1) is 21.4. The van der Waals surface area contributed by atoms with Crippen LogP contribution in [-0.2, 0) is 20.8 Å². The first-order chi connectivity index (χ1) is 12.3. The molecule has 0 spiro atoms. The Bertz CT molecular complexity index is 626. The lowest BCUT2D eigenvalue weighted by atomic mass is 9.82. The van der Waals surface area contributed by atoms with Crippen molar-refractivity contribution in [2.24, 2.45) is 17.8 Å². The molecule has 6 heteroatoms. The Morgan fingerprint density at radius 3 is 2.15 bits per heavy atom. The molecule has 0 aromatic heterocycles. The van der Waals surface area contributed by atoms with E-state index in [1.807, 2.05) is 19.9 Å². The zero-order valence-electron chi connectivity index (χ0n) is 15.2. The highest BCUT2D eigenvalue weighted by Gasteiger charge is 2.35. The topological polar surface area (TPSA) is 104 Å². The molecule has 0 radical (unpaired) electrons. The summed E-state index contributed by atoms with van der Waals surface area (Å²) in [5, 5.41) is 21.5. The molecule has 142 valence electrons. The molecule has 3 atom stereocenters. The van der Waals surface area contributed by atoms with E-state index in [0.29, 0.717) is 6.42 Å². The average Bonchev–Trinajstić information content (AvgIpc) is 2.57. The summed E-state index contributed by atoms with van der Waals surface area (Å²) in [4.78, 5) is 35.9. The third kappa shape index (κ3) is 6.70. The van der Waals surface area contributed by atoms with Crippen molar-refractivity contribution < 1.29 is 24.6 Å². The second-order valence-electron chi connectivity index (χ2n) is 6.79. The lowest BCUT2D eigenvalue weighted by Crippen LogP contribution is -2.47. The summed E-state index contributed by atoms with van der Waals surface area (Å²) in [6, 6.07) is 7.86. The molecular weight excluding hydrogens is 334 g/mol. The van der Waals surface area contributed by atoms with Crippen molar-refractivity contribution in [2.45, 2.75) is 39.2 Å². The summed E-state index contributed by atoms with van der Waals surface area (Å²) in [7, 11) is 0. The molecule has 1 rings (SSSR count). The van der Waals surface area contributed by atoms with Gasteiger partial charge in [0.05, 0.1) is 11.8 Å². The van der Waals surface area contributed by atoms with Gasteiger partial charge in [-0.25, -0.2) is 4.79 Å². The van der Waals surface area contributed by atoms with E-state index >= 15 is 0 Å². The van der Waals surface area contributed by atoms with E-state index in [0.717, 1.165) is 5.56 Å². The molecule has 6 nitrogen and oxygen atoms in total. The minimum Gasteiger partial charge on any atom is -0.481 e. The number of hydrogen-bond donors (Lipinski definition) is 3. The molecular formula is C20H27NO5. The van der Waals surface area contributed by atoms with Gasteiger partial charge in [0.1, 0.15) is 6.04 Å². The Kier molecular flexibility index (Phi) is 8.55. The number of allylic oxidation sites excluding steroid dienone is 1. The van der Waals surface area contributed by atoms with Gasteiger partial charge in [0.25, 0.3) is 0 Å². The van der Waals surface area contributed by atoms with Crippen molar-refractivity contribution in [3.63, 3.8) is 0 Å². The van der Waals surface area contributed by atoms with Gasteiger partial charge in [0.2, 0.25) is 5.91 Å². The maximum absolute atomic E-state index is 12.7. The van der Waals surface area contributed by atoms with Crippen LogP contribution in [-0.4, -0.2) is 34.1 Å². The predicted molar refractivity (Wildman–Crippen MR) is 98.6 cm³/mol. The third-order valence-corrected chi connectivity index (χ3v) is 4.18. The average molecular weight is 361 g/mol. The summed E-state index contributed by atoms with van der Waals surface area (Å²) in [5.74, 6) is -4.43. The van der Waals surface area contributed by atoms with Crippen molar-refractivity contribution in [1.29, 1.82) is 0 Å². The van der Waals surface area contributed by atoms with Crippen LogP contribution in [0.15, 0.2) is 43.0 Å². The summed E-state index contributed by atoms with van der Waals surface area (Å²) in [6.45, 7) is 7.35. The normalized spacial score (nSPS) is 14.3. The Hall–Kier alpha value is -2.63. The molecule has 1 aromatic rings. The maximum Gasteiger partial charge on any atom is 0.326 e. The fraction of sp³-hybridized carbons (Fsp3) is 0.450. The summed E-state index contributed by atoms with van der Waals surface area (Å²) in [5.41, 5.74) is 0.779. The smallest absolute Gasteiger partial charge is 0.326 e. The van der Waals surface area contributed by atoms with Crippen LogP contribution < -0.4 is 5.32 Å². The summed E-state index contributed by atoms with van der Waals surface area (Å²) in [6.07, 6.45) is 2.11. The van der Waals surface area contributed by atoms with Gasteiger partial charge in [-0.2, -0.15) is 0 Å². The maximum atomic E-state index is 12.7. The number of aliphatic carboxylic acids is 2.